The Labute approximate surface area is 127 Å². The number of hydrogen-bond donors (Lipinski definition) is 1. The van der Waals surface area contributed by atoms with Crippen molar-refractivity contribution in [2.24, 2.45) is 5.92 Å². The maximum absolute atomic E-state index is 4.47. The van der Waals surface area contributed by atoms with Gasteiger partial charge in [0.25, 0.3) is 0 Å². The monoisotopic (exact) mass is 283 g/mol. The van der Waals surface area contributed by atoms with Crippen LogP contribution in [-0.2, 0) is 6.54 Å². The van der Waals surface area contributed by atoms with Gasteiger partial charge in [0.15, 0.2) is 0 Å². The molecule has 112 valence electrons. The quantitative estimate of drug-likeness (QED) is 0.901. The molecule has 21 heavy (non-hydrogen) atoms. The summed E-state index contributed by atoms with van der Waals surface area (Å²) in [5, 5.41) is 8.22. The van der Waals surface area contributed by atoms with E-state index in [1.165, 1.54) is 37.7 Å². The summed E-state index contributed by atoms with van der Waals surface area (Å²) >= 11 is 0. The smallest absolute Gasteiger partial charge is 0.0645 e. The molecule has 1 aliphatic rings. The van der Waals surface area contributed by atoms with E-state index in [2.05, 4.69) is 35.7 Å². The first-order valence-corrected chi connectivity index (χ1v) is 8.19. The van der Waals surface area contributed by atoms with E-state index in [1.54, 1.807) is 0 Å². The van der Waals surface area contributed by atoms with Crippen LogP contribution < -0.4 is 5.32 Å². The van der Waals surface area contributed by atoms with Gasteiger partial charge in [-0.25, -0.2) is 4.68 Å². The van der Waals surface area contributed by atoms with Gasteiger partial charge in [-0.05, 0) is 30.9 Å². The third kappa shape index (κ3) is 3.53. The van der Waals surface area contributed by atoms with Crippen LogP contribution in [0.1, 0.15) is 44.6 Å². The predicted octanol–water partition coefficient (Wildman–Crippen LogP) is 3.93. The Balaban J connectivity index is 1.60. The molecular formula is C18H25N3. The summed E-state index contributed by atoms with van der Waals surface area (Å²) in [6, 6.07) is 11.0. The number of rotatable bonds is 5. The predicted molar refractivity (Wildman–Crippen MR) is 86.4 cm³/mol. The first kappa shape index (κ1) is 14.3. The van der Waals surface area contributed by atoms with Crippen LogP contribution in [0.3, 0.4) is 0 Å². The van der Waals surface area contributed by atoms with Crippen molar-refractivity contribution in [3.8, 4) is 5.69 Å². The molecule has 0 spiro atoms. The molecule has 0 bridgehead atoms. The molecule has 3 nitrogen and oxygen atoms in total. The van der Waals surface area contributed by atoms with Gasteiger partial charge >= 0.3 is 0 Å². The topological polar surface area (TPSA) is 29.9 Å². The zero-order valence-electron chi connectivity index (χ0n) is 12.8. The minimum Gasteiger partial charge on any atom is -0.310 e. The molecule has 0 aliphatic heterocycles. The highest BCUT2D eigenvalue weighted by atomic mass is 15.3. The fraction of sp³-hybridized carbons (Fsp3) is 0.500. The summed E-state index contributed by atoms with van der Waals surface area (Å²) in [5.41, 5.74) is 2.38. The van der Waals surface area contributed by atoms with Gasteiger partial charge in [0.2, 0.25) is 0 Å². The lowest BCUT2D eigenvalue weighted by molar-refractivity contribution is 0.254. The van der Waals surface area contributed by atoms with Gasteiger partial charge in [0, 0.05) is 24.3 Å². The number of nitrogens with one attached hydrogen (secondary N) is 1. The molecule has 1 N–H and O–H groups in total. The Kier molecular flexibility index (Phi) is 4.71. The van der Waals surface area contributed by atoms with Gasteiger partial charge < -0.3 is 5.32 Å². The molecule has 0 amide bonds. The van der Waals surface area contributed by atoms with E-state index in [-0.39, 0.29) is 0 Å². The Morgan fingerprint density at radius 1 is 1.19 bits per heavy atom. The summed E-state index contributed by atoms with van der Waals surface area (Å²) in [6.07, 6.45) is 10.9. The minimum atomic E-state index is 0.684. The molecule has 1 saturated carbocycles. The Hall–Kier alpha value is -1.61. The van der Waals surface area contributed by atoms with Crippen molar-refractivity contribution in [1.29, 1.82) is 0 Å². The van der Waals surface area contributed by atoms with E-state index >= 15 is 0 Å². The van der Waals surface area contributed by atoms with Crippen molar-refractivity contribution in [1.82, 2.24) is 15.1 Å². The van der Waals surface area contributed by atoms with E-state index in [0.29, 0.717) is 6.04 Å². The van der Waals surface area contributed by atoms with E-state index < -0.39 is 0 Å². The molecule has 0 radical (unpaired) electrons. The molecule has 2 aromatic rings. The Morgan fingerprint density at radius 2 is 2.00 bits per heavy atom. The van der Waals surface area contributed by atoms with Crippen molar-refractivity contribution in [3.63, 3.8) is 0 Å². The second-order valence-corrected chi connectivity index (χ2v) is 6.07. The molecule has 2 atom stereocenters. The maximum Gasteiger partial charge on any atom is 0.0645 e. The third-order valence-corrected chi connectivity index (χ3v) is 4.66. The summed E-state index contributed by atoms with van der Waals surface area (Å²) in [6.45, 7) is 3.24. The molecule has 1 aromatic carbocycles. The van der Waals surface area contributed by atoms with Crippen molar-refractivity contribution >= 4 is 0 Å². The summed E-state index contributed by atoms with van der Waals surface area (Å²) in [4.78, 5) is 0. The van der Waals surface area contributed by atoms with Gasteiger partial charge in [-0.15, -0.1) is 0 Å². The van der Waals surface area contributed by atoms with Crippen LogP contribution >= 0.6 is 0 Å². The van der Waals surface area contributed by atoms with Crippen LogP contribution in [0, 0.1) is 5.92 Å². The van der Waals surface area contributed by atoms with Crippen molar-refractivity contribution in [3.05, 3.63) is 48.3 Å². The molecule has 0 saturated heterocycles. The first-order valence-electron chi connectivity index (χ1n) is 8.19. The second kappa shape index (κ2) is 6.90. The second-order valence-electron chi connectivity index (χ2n) is 6.07. The number of benzene rings is 1. The first-order chi connectivity index (χ1) is 10.4. The summed E-state index contributed by atoms with van der Waals surface area (Å²) in [5.74, 6) is 0.850. The van der Waals surface area contributed by atoms with Gasteiger partial charge in [-0.3, -0.25) is 0 Å². The van der Waals surface area contributed by atoms with Gasteiger partial charge in [-0.2, -0.15) is 5.10 Å². The lowest BCUT2D eigenvalue weighted by Gasteiger charge is -2.31. The number of nitrogens with zero attached hydrogens (tertiary/aromatic N) is 2. The van der Waals surface area contributed by atoms with E-state index in [1.807, 2.05) is 29.1 Å². The summed E-state index contributed by atoms with van der Waals surface area (Å²) < 4.78 is 1.95. The van der Waals surface area contributed by atoms with Crippen molar-refractivity contribution < 1.29 is 0 Å². The van der Waals surface area contributed by atoms with Crippen molar-refractivity contribution in [2.45, 2.75) is 51.6 Å². The Bertz CT molecular complexity index is 547. The molecule has 3 rings (SSSR count). The average Bonchev–Trinajstić information content (AvgIpc) is 3.03. The third-order valence-electron chi connectivity index (χ3n) is 4.66. The number of para-hydroxylation sites is 1. The molecule has 2 unspecified atom stereocenters. The highest BCUT2D eigenvalue weighted by molar-refractivity contribution is 5.30. The van der Waals surface area contributed by atoms with Crippen LogP contribution in [0.2, 0.25) is 0 Å². The van der Waals surface area contributed by atoms with Crippen LogP contribution in [0.15, 0.2) is 42.7 Å². The van der Waals surface area contributed by atoms with E-state index in [4.69, 9.17) is 0 Å². The molecular weight excluding hydrogens is 258 g/mol. The highest BCUT2D eigenvalue weighted by Crippen LogP contribution is 2.27. The SMILES string of the molecule is CCC1CCCCC1NCc1cnn(-c2ccccc2)c1. The zero-order chi connectivity index (χ0) is 14.5. The zero-order valence-corrected chi connectivity index (χ0v) is 12.8. The van der Waals surface area contributed by atoms with Gasteiger partial charge in [-0.1, -0.05) is 44.4 Å². The number of hydrogen-bond acceptors (Lipinski definition) is 2. The fourth-order valence-electron chi connectivity index (χ4n) is 3.39. The van der Waals surface area contributed by atoms with Crippen LogP contribution in [-0.4, -0.2) is 15.8 Å². The summed E-state index contributed by atoms with van der Waals surface area (Å²) in [7, 11) is 0. The largest absolute Gasteiger partial charge is 0.310 e. The van der Waals surface area contributed by atoms with Gasteiger partial charge in [0.1, 0.15) is 0 Å². The standard InChI is InChI=1S/C18H25N3/c1-2-16-8-6-7-11-18(16)19-12-15-13-20-21(14-15)17-9-4-3-5-10-17/h3-5,9-10,13-14,16,18-19H,2,6-8,11-12H2,1H3. The molecule has 1 heterocycles. The fourth-order valence-corrected chi connectivity index (χ4v) is 3.39. The molecule has 1 aliphatic carbocycles. The maximum atomic E-state index is 4.47. The minimum absolute atomic E-state index is 0.684. The van der Waals surface area contributed by atoms with Crippen LogP contribution in [0.4, 0.5) is 0 Å². The molecule has 1 fully saturated rings. The molecule has 3 heteroatoms. The molecule has 1 aromatic heterocycles. The lowest BCUT2D eigenvalue weighted by Crippen LogP contribution is -2.37. The number of aromatic nitrogens is 2. The Morgan fingerprint density at radius 3 is 2.81 bits per heavy atom. The van der Waals surface area contributed by atoms with Crippen LogP contribution in [0.25, 0.3) is 5.69 Å². The lowest BCUT2D eigenvalue weighted by atomic mass is 9.83. The average molecular weight is 283 g/mol. The van der Waals surface area contributed by atoms with E-state index in [9.17, 15) is 0 Å². The van der Waals surface area contributed by atoms with Gasteiger partial charge in [0.05, 0.1) is 11.9 Å². The highest BCUT2D eigenvalue weighted by Gasteiger charge is 2.22. The van der Waals surface area contributed by atoms with Crippen LogP contribution in [0.5, 0.6) is 0 Å². The normalized spacial score (nSPS) is 22.3. The van der Waals surface area contributed by atoms with Crippen molar-refractivity contribution in [2.75, 3.05) is 0 Å². The van der Waals surface area contributed by atoms with E-state index in [0.717, 1.165) is 18.2 Å².